The van der Waals surface area contributed by atoms with Crippen LogP contribution in [0.2, 0.25) is 0 Å². The highest BCUT2D eigenvalue weighted by atomic mass is 32.1. The molecule has 0 saturated heterocycles. The van der Waals surface area contributed by atoms with E-state index in [2.05, 4.69) is 10.3 Å². The van der Waals surface area contributed by atoms with Crippen LogP contribution in [0.25, 0.3) is 10.2 Å². The van der Waals surface area contributed by atoms with Crippen LogP contribution in [0.3, 0.4) is 0 Å². The fourth-order valence-electron chi connectivity index (χ4n) is 2.27. The van der Waals surface area contributed by atoms with Crippen LogP contribution in [0, 0.1) is 0 Å². The van der Waals surface area contributed by atoms with Gasteiger partial charge >= 0.3 is 5.97 Å². The molecule has 1 amide bonds. The number of aryl methyl sites for hydroxylation is 1. The van der Waals surface area contributed by atoms with Crippen LogP contribution in [-0.2, 0) is 20.7 Å². The average molecular weight is 332 g/mol. The third kappa shape index (κ3) is 4.51. The van der Waals surface area contributed by atoms with Gasteiger partial charge in [-0.2, -0.15) is 0 Å². The summed E-state index contributed by atoms with van der Waals surface area (Å²) in [6.45, 7) is 1.61. The summed E-state index contributed by atoms with van der Waals surface area (Å²) in [6.07, 6.45) is 3.05. The van der Waals surface area contributed by atoms with Crippen LogP contribution in [0.15, 0.2) is 24.3 Å². The molecule has 1 atom stereocenters. The summed E-state index contributed by atoms with van der Waals surface area (Å²) in [7, 11) is 0. The van der Waals surface area contributed by atoms with E-state index in [9.17, 15) is 9.59 Å². The smallest absolute Gasteiger partial charge is 0.306 e. The van der Waals surface area contributed by atoms with Crippen molar-refractivity contribution in [3.05, 3.63) is 29.3 Å². The topological polar surface area (TPSA) is 68.3 Å². The molecule has 1 heterocycles. The molecule has 1 N–H and O–H groups in total. The normalized spacial score (nSPS) is 15.3. The number of para-hydroxylation sites is 1. The number of nitrogens with one attached hydrogen (secondary N) is 1. The van der Waals surface area contributed by atoms with E-state index >= 15 is 0 Å². The van der Waals surface area contributed by atoms with E-state index in [1.54, 1.807) is 18.3 Å². The molecular formula is C17H20N2O3S. The first-order valence-corrected chi connectivity index (χ1v) is 8.78. The van der Waals surface area contributed by atoms with Gasteiger partial charge in [0.15, 0.2) is 6.10 Å². The minimum Gasteiger partial charge on any atom is -0.453 e. The molecule has 122 valence electrons. The number of esters is 1. The van der Waals surface area contributed by atoms with Crippen molar-refractivity contribution >= 4 is 33.4 Å². The first-order chi connectivity index (χ1) is 11.1. The number of carbonyl (C=O) groups excluding carboxylic acids is 2. The van der Waals surface area contributed by atoms with Gasteiger partial charge in [-0.05, 0) is 44.7 Å². The molecule has 0 bridgehead atoms. The Labute approximate surface area is 139 Å². The van der Waals surface area contributed by atoms with Gasteiger partial charge in [-0.25, -0.2) is 4.98 Å². The number of ether oxygens (including phenoxy) is 1. The number of nitrogens with zero attached hydrogens (tertiary/aromatic N) is 1. The lowest BCUT2D eigenvalue weighted by molar-refractivity contribution is -0.154. The summed E-state index contributed by atoms with van der Waals surface area (Å²) in [5.41, 5.74) is 1.00. The number of hydrogen-bond donors (Lipinski definition) is 1. The predicted molar refractivity (Wildman–Crippen MR) is 89.3 cm³/mol. The molecule has 3 rings (SSSR count). The second kappa shape index (κ2) is 7.08. The number of aromatic nitrogens is 1. The fraction of sp³-hybridized carbons (Fsp3) is 0.471. The van der Waals surface area contributed by atoms with Gasteiger partial charge in [0.25, 0.3) is 5.91 Å². The van der Waals surface area contributed by atoms with Gasteiger partial charge in [0.05, 0.1) is 15.2 Å². The Morgan fingerprint density at radius 3 is 2.91 bits per heavy atom. The summed E-state index contributed by atoms with van der Waals surface area (Å²) in [4.78, 5) is 28.1. The number of rotatable bonds is 7. The molecular weight excluding hydrogens is 312 g/mol. The third-order valence-electron chi connectivity index (χ3n) is 3.71. The van der Waals surface area contributed by atoms with Gasteiger partial charge in [0.2, 0.25) is 0 Å². The van der Waals surface area contributed by atoms with Gasteiger partial charge in [-0.1, -0.05) is 12.1 Å². The zero-order valence-electron chi connectivity index (χ0n) is 13.1. The molecule has 2 aromatic rings. The molecule has 0 radical (unpaired) electrons. The van der Waals surface area contributed by atoms with Crippen molar-refractivity contribution in [3.8, 4) is 0 Å². The SMILES string of the molecule is C[C@H](OC(=O)CCCc1nc2ccccc2s1)C(=O)NC1CC1. The monoisotopic (exact) mass is 332 g/mol. The lowest BCUT2D eigenvalue weighted by Gasteiger charge is -2.12. The number of fused-ring (bicyclic) bond motifs is 1. The van der Waals surface area contributed by atoms with E-state index in [0.717, 1.165) is 34.5 Å². The summed E-state index contributed by atoms with van der Waals surface area (Å²) < 4.78 is 6.33. The number of hydrogen-bond acceptors (Lipinski definition) is 5. The van der Waals surface area contributed by atoms with Crippen molar-refractivity contribution in [2.75, 3.05) is 0 Å². The number of thiazole rings is 1. The summed E-state index contributed by atoms with van der Waals surface area (Å²) in [5, 5.41) is 3.86. The Morgan fingerprint density at radius 1 is 1.39 bits per heavy atom. The second-order valence-electron chi connectivity index (χ2n) is 5.84. The second-order valence-corrected chi connectivity index (χ2v) is 6.96. The minimum atomic E-state index is -0.717. The number of benzene rings is 1. The van der Waals surface area contributed by atoms with Crippen LogP contribution in [0.1, 0.15) is 37.6 Å². The molecule has 1 fully saturated rings. The zero-order valence-corrected chi connectivity index (χ0v) is 13.9. The van der Waals surface area contributed by atoms with Crippen molar-refractivity contribution in [2.45, 2.75) is 51.2 Å². The molecule has 0 unspecified atom stereocenters. The van der Waals surface area contributed by atoms with E-state index < -0.39 is 6.10 Å². The van der Waals surface area contributed by atoms with E-state index in [4.69, 9.17) is 4.74 Å². The molecule has 1 saturated carbocycles. The molecule has 1 aliphatic carbocycles. The summed E-state index contributed by atoms with van der Waals surface area (Å²) >= 11 is 1.65. The maximum atomic E-state index is 11.8. The molecule has 23 heavy (non-hydrogen) atoms. The Bertz CT molecular complexity index is 676. The van der Waals surface area contributed by atoms with Crippen LogP contribution >= 0.6 is 11.3 Å². The highest BCUT2D eigenvalue weighted by Crippen LogP contribution is 2.23. The van der Waals surface area contributed by atoms with Crippen molar-refractivity contribution in [1.29, 1.82) is 0 Å². The fourth-order valence-corrected chi connectivity index (χ4v) is 3.28. The van der Waals surface area contributed by atoms with Gasteiger partial charge in [0.1, 0.15) is 0 Å². The van der Waals surface area contributed by atoms with E-state index in [1.165, 1.54) is 0 Å². The maximum absolute atomic E-state index is 11.8. The van der Waals surface area contributed by atoms with E-state index in [0.29, 0.717) is 12.8 Å². The molecule has 1 aromatic heterocycles. The molecule has 1 aromatic carbocycles. The van der Waals surface area contributed by atoms with Gasteiger partial charge in [0, 0.05) is 12.5 Å². The first kappa shape index (κ1) is 15.9. The van der Waals surface area contributed by atoms with Crippen molar-refractivity contribution in [3.63, 3.8) is 0 Å². The Morgan fingerprint density at radius 2 is 2.17 bits per heavy atom. The van der Waals surface area contributed by atoms with Gasteiger partial charge in [-0.3, -0.25) is 9.59 Å². The van der Waals surface area contributed by atoms with Crippen molar-refractivity contribution in [2.24, 2.45) is 0 Å². The summed E-state index contributed by atoms with van der Waals surface area (Å²) in [6, 6.07) is 8.28. The van der Waals surface area contributed by atoms with Crippen LogP contribution in [0.4, 0.5) is 0 Å². The van der Waals surface area contributed by atoms with Crippen LogP contribution in [0.5, 0.6) is 0 Å². The number of amides is 1. The molecule has 0 spiro atoms. The third-order valence-corrected chi connectivity index (χ3v) is 4.81. The lowest BCUT2D eigenvalue weighted by Crippen LogP contribution is -2.37. The largest absolute Gasteiger partial charge is 0.453 e. The zero-order chi connectivity index (χ0) is 16.2. The highest BCUT2D eigenvalue weighted by molar-refractivity contribution is 7.18. The van der Waals surface area contributed by atoms with E-state index in [-0.39, 0.29) is 17.9 Å². The lowest BCUT2D eigenvalue weighted by atomic mass is 10.2. The molecule has 1 aliphatic rings. The number of carbonyl (C=O) groups is 2. The van der Waals surface area contributed by atoms with Crippen LogP contribution in [-0.4, -0.2) is 29.0 Å². The minimum absolute atomic E-state index is 0.202. The quantitative estimate of drug-likeness (QED) is 0.792. The Balaban J connectivity index is 1.40. The van der Waals surface area contributed by atoms with E-state index in [1.807, 2.05) is 24.3 Å². The molecule has 0 aliphatic heterocycles. The Hall–Kier alpha value is -1.95. The predicted octanol–water partition coefficient (Wildman–Crippen LogP) is 2.83. The average Bonchev–Trinajstić information content (AvgIpc) is 3.23. The van der Waals surface area contributed by atoms with Crippen molar-refractivity contribution in [1.82, 2.24) is 10.3 Å². The Kier molecular flexibility index (Phi) is 4.91. The van der Waals surface area contributed by atoms with Gasteiger partial charge < -0.3 is 10.1 Å². The molecule has 5 nitrogen and oxygen atoms in total. The maximum Gasteiger partial charge on any atom is 0.306 e. The highest BCUT2D eigenvalue weighted by Gasteiger charge is 2.27. The molecule has 6 heteroatoms. The summed E-state index contributed by atoms with van der Waals surface area (Å²) in [5.74, 6) is -0.531. The van der Waals surface area contributed by atoms with Crippen molar-refractivity contribution < 1.29 is 14.3 Å². The standard InChI is InChI=1S/C17H20N2O3S/c1-11(17(21)18-12-9-10-12)22-16(20)8-4-7-15-19-13-5-2-3-6-14(13)23-15/h2-3,5-6,11-12H,4,7-10H2,1H3,(H,18,21)/t11-/m0/s1. The van der Waals surface area contributed by atoms with Gasteiger partial charge in [-0.15, -0.1) is 11.3 Å². The first-order valence-electron chi connectivity index (χ1n) is 7.96. The van der Waals surface area contributed by atoms with Crippen LogP contribution < -0.4 is 5.32 Å².